The summed E-state index contributed by atoms with van der Waals surface area (Å²) in [7, 11) is 0. The van der Waals surface area contributed by atoms with Crippen molar-refractivity contribution < 1.29 is 27.8 Å². The number of alkyl halides is 3. The second-order valence-electron chi connectivity index (χ2n) is 8.80. The number of hydrogen-bond acceptors (Lipinski definition) is 8. The van der Waals surface area contributed by atoms with Gasteiger partial charge in [0.2, 0.25) is 5.78 Å². The number of aliphatic hydroxyl groups excluding tert-OH is 1. The molecule has 0 spiro atoms. The van der Waals surface area contributed by atoms with E-state index in [0.717, 1.165) is 11.1 Å². The third-order valence-corrected chi connectivity index (χ3v) is 7.43. The highest BCUT2D eigenvalue weighted by Crippen LogP contribution is 2.38. The van der Waals surface area contributed by atoms with E-state index >= 15 is 0 Å². The summed E-state index contributed by atoms with van der Waals surface area (Å²) in [6, 6.07) is 1.57. The Labute approximate surface area is 203 Å². The molecule has 0 amide bonds. The van der Waals surface area contributed by atoms with Crippen LogP contribution in [0.4, 0.5) is 19.0 Å². The number of ether oxygens (including phenoxy) is 1. The molecule has 2 aliphatic rings. The molecular formula is C23H23F3N5O3S. The van der Waals surface area contributed by atoms with Crippen LogP contribution in [0.1, 0.15) is 56.1 Å². The maximum Gasteiger partial charge on any atom is 0.434 e. The number of carbonyl (C=O) groups excluding carboxylic acids is 1. The zero-order chi connectivity index (χ0) is 24.9. The maximum absolute atomic E-state index is 13.4. The number of ketones is 1. The molecule has 1 saturated carbocycles. The quantitative estimate of drug-likeness (QED) is 0.508. The van der Waals surface area contributed by atoms with Gasteiger partial charge in [0, 0.05) is 35.4 Å². The van der Waals surface area contributed by atoms with Gasteiger partial charge < -0.3 is 19.7 Å². The van der Waals surface area contributed by atoms with Gasteiger partial charge in [-0.1, -0.05) is 0 Å². The summed E-state index contributed by atoms with van der Waals surface area (Å²) in [6.07, 6.45) is -0.974. The van der Waals surface area contributed by atoms with Gasteiger partial charge in [-0.15, -0.1) is 11.3 Å². The molecule has 1 aliphatic carbocycles. The number of carbonyl (C=O) groups is 1. The lowest BCUT2D eigenvalue weighted by atomic mass is 10.1. The maximum atomic E-state index is 13.4. The molecule has 185 valence electrons. The highest BCUT2D eigenvalue weighted by atomic mass is 32.1. The predicted octanol–water partition coefficient (Wildman–Crippen LogP) is 3.80. The van der Waals surface area contributed by atoms with Crippen molar-refractivity contribution in [3.8, 4) is 0 Å². The molecule has 12 heteroatoms. The van der Waals surface area contributed by atoms with Gasteiger partial charge in [-0.05, 0) is 38.7 Å². The SMILES string of the molecule is [CH2][C@@H]1C[C@@H](Nc2ncncc2C(=O)c2cc([C@@H]3OCCn4cc(C(F)(F)F)nc43)c(C)s2)C[C@@H]1O. The Morgan fingerprint density at radius 3 is 2.89 bits per heavy atom. The lowest BCUT2D eigenvalue weighted by Crippen LogP contribution is -2.22. The molecule has 3 aromatic rings. The topological polar surface area (TPSA) is 102 Å². The molecule has 3 aromatic heterocycles. The minimum absolute atomic E-state index is 0.0769. The Kier molecular flexibility index (Phi) is 6.14. The van der Waals surface area contributed by atoms with Crippen LogP contribution >= 0.6 is 11.3 Å². The standard InChI is InChI=1S/C23H23F3N5O3S/c1-11-5-13(6-16(11)32)29-21-15(8-27-10-28-21)19(33)17-7-14(12(2)35-17)20-22-30-18(23(24,25)26)9-31(22)3-4-34-20/h7-11,13,16,20,32H,1,3-6H2,2H3,(H,27,28,29)/t11-,13-,16+,20+/m1/s1. The van der Waals surface area contributed by atoms with Gasteiger partial charge in [0.25, 0.3) is 0 Å². The molecular weight excluding hydrogens is 483 g/mol. The minimum Gasteiger partial charge on any atom is -0.393 e. The van der Waals surface area contributed by atoms with Crippen LogP contribution in [0.3, 0.4) is 0 Å². The van der Waals surface area contributed by atoms with E-state index in [0.29, 0.717) is 29.1 Å². The molecule has 0 bridgehead atoms. The van der Waals surface area contributed by atoms with E-state index in [2.05, 4.69) is 27.2 Å². The van der Waals surface area contributed by atoms with Gasteiger partial charge >= 0.3 is 6.18 Å². The Hall–Kier alpha value is -2.83. The van der Waals surface area contributed by atoms with Crippen LogP contribution in [0, 0.1) is 19.8 Å². The van der Waals surface area contributed by atoms with Crippen LogP contribution in [0.25, 0.3) is 0 Å². The first kappa shape index (κ1) is 23.9. The van der Waals surface area contributed by atoms with Crippen molar-refractivity contribution in [2.45, 2.75) is 50.7 Å². The van der Waals surface area contributed by atoms with Crippen molar-refractivity contribution in [3.05, 3.63) is 64.1 Å². The Bertz CT molecular complexity index is 1250. The second-order valence-corrected chi connectivity index (χ2v) is 10.1. The van der Waals surface area contributed by atoms with E-state index in [-0.39, 0.29) is 42.3 Å². The van der Waals surface area contributed by atoms with E-state index < -0.39 is 24.1 Å². The summed E-state index contributed by atoms with van der Waals surface area (Å²) in [6.45, 7) is 6.22. The van der Waals surface area contributed by atoms with Crippen molar-refractivity contribution in [2.24, 2.45) is 5.92 Å². The number of hydrogen-bond donors (Lipinski definition) is 2. The van der Waals surface area contributed by atoms with Crippen molar-refractivity contribution in [3.63, 3.8) is 0 Å². The van der Waals surface area contributed by atoms with Gasteiger partial charge in [0.1, 0.15) is 24.1 Å². The normalized spacial score (nSPS) is 24.4. The van der Waals surface area contributed by atoms with Gasteiger partial charge in [0.15, 0.2) is 5.69 Å². The molecule has 1 radical (unpaired) electrons. The van der Waals surface area contributed by atoms with Crippen molar-refractivity contribution >= 4 is 22.9 Å². The van der Waals surface area contributed by atoms with E-state index in [4.69, 9.17) is 4.74 Å². The molecule has 4 atom stereocenters. The second kappa shape index (κ2) is 8.99. The Morgan fingerprint density at radius 2 is 2.17 bits per heavy atom. The monoisotopic (exact) mass is 506 g/mol. The molecule has 35 heavy (non-hydrogen) atoms. The lowest BCUT2D eigenvalue weighted by molar-refractivity contribution is -0.141. The summed E-state index contributed by atoms with van der Waals surface area (Å²) in [5, 5.41) is 13.2. The highest BCUT2D eigenvalue weighted by Gasteiger charge is 2.38. The van der Waals surface area contributed by atoms with Crippen LogP contribution in [-0.4, -0.2) is 49.2 Å². The number of rotatable bonds is 5. The molecule has 8 nitrogen and oxygen atoms in total. The summed E-state index contributed by atoms with van der Waals surface area (Å²) < 4.78 is 46.9. The number of aryl methyl sites for hydroxylation is 1. The van der Waals surface area contributed by atoms with Crippen molar-refractivity contribution in [2.75, 3.05) is 11.9 Å². The molecule has 5 rings (SSSR count). The fraction of sp³-hybridized carbons (Fsp3) is 0.435. The number of halogens is 3. The molecule has 0 aromatic carbocycles. The first-order valence-corrected chi connectivity index (χ1v) is 11.9. The Balaban J connectivity index is 1.43. The first-order chi connectivity index (χ1) is 16.6. The van der Waals surface area contributed by atoms with Crippen LogP contribution in [0.5, 0.6) is 0 Å². The fourth-order valence-electron chi connectivity index (χ4n) is 4.55. The van der Waals surface area contributed by atoms with E-state index in [9.17, 15) is 23.1 Å². The van der Waals surface area contributed by atoms with Gasteiger partial charge in [0.05, 0.1) is 23.2 Å². The number of thiophene rings is 1. The number of anilines is 1. The van der Waals surface area contributed by atoms with E-state index in [1.54, 1.807) is 13.0 Å². The van der Waals surface area contributed by atoms with E-state index in [1.807, 2.05) is 0 Å². The van der Waals surface area contributed by atoms with Crippen LogP contribution in [0.15, 0.2) is 24.8 Å². The van der Waals surface area contributed by atoms with E-state index in [1.165, 1.54) is 28.4 Å². The average molecular weight is 507 g/mol. The average Bonchev–Trinajstić information content (AvgIpc) is 3.50. The highest BCUT2D eigenvalue weighted by molar-refractivity contribution is 7.14. The molecule has 1 fully saturated rings. The molecule has 2 N–H and O–H groups in total. The first-order valence-electron chi connectivity index (χ1n) is 11.1. The predicted molar refractivity (Wildman–Crippen MR) is 121 cm³/mol. The van der Waals surface area contributed by atoms with Gasteiger partial charge in [-0.2, -0.15) is 13.2 Å². The van der Waals surface area contributed by atoms with Crippen molar-refractivity contribution in [1.82, 2.24) is 19.5 Å². The minimum atomic E-state index is -4.56. The van der Waals surface area contributed by atoms with Crippen LogP contribution in [-0.2, 0) is 17.5 Å². The largest absolute Gasteiger partial charge is 0.434 e. The zero-order valence-corrected chi connectivity index (χ0v) is 19.6. The summed E-state index contributed by atoms with van der Waals surface area (Å²) in [4.78, 5) is 26.6. The smallest absolute Gasteiger partial charge is 0.393 e. The van der Waals surface area contributed by atoms with Crippen LogP contribution < -0.4 is 5.32 Å². The third kappa shape index (κ3) is 4.57. The van der Waals surface area contributed by atoms with Gasteiger partial charge in [-0.25, -0.2) is 15.0 Å². The van der Waals surface area contributed by atoms with Gasteiger partial charge in [-0.3, -0.25) is 4.79 Å². The summed E-state index contributed by atoms with van der Waals surface area (Å²) in [5.74, 6) is 0.115. The number of imidazole rings is 1. The summed E-state index contributed by atoms with van der Waals surface area (Å²) in [5.41, 5.74) is -0.0950. The summed E-state index contributed by atoms with van der Waals surface area (Å²) >= 11 is 1.23. The number of nitrogens with one attached hydrogen (secondary N) is 1. The third-order valence-electron chi connectivity index (χ3n) is 6.37. The van der Waals surface area contributed by atoms with Crippen molar-refractivity contribution in [1.29, 1.82) is 0 Å². The molecule has 0 unspecified atom stereocenters. The Morgan fingerprint density at radius 1 is 1.37 bits per heavy atom. The molecule has 0 saturated heterocycles. The number of fused-ring (bicyclic) bond motifs is 1. The lowest BCUT2D eigenvalue weighted by Gasteiger charge is -2.24. The molecule has 1 aliphatic heterocycles. The molecule has 4 heterocycles. The van der Waals surface area contributed by atoms with Crippen LogP contribution in [0.2, 0.25) is 0 Å². The fourth-order valence-corrected chi connectivity index (χ4v) is 5.56. The number of nitrogens with zero attached hydrogens (tertiary/aromatic N) is 4. The zero-order valence-electron chi connectivity index (χ0n) is 18.7. The number of aromatic nitrogens is 4. The number of aliphatic hydroxyl groups is 1.